The zero-order chi connectivity index (χ0) is 18.6. The van der Waals surface area contributed by atoms with Crippen molar-refractivity contribution in [1.29, 1.82) is 0 Å². The zero-order valence-corrected chi connectivity index (χ0v) is 14.9. The number of rotatable bonds is 6. The molecule has 0 spiro atoms. The average Bonchev–Trinajstić information content (AvgIpc) is 2.62. The number of hydrogen-bond acceptors (Lipinski definition) is 6. The number of phenols is 1. The number of methoxy groups -OCH3 is 2. The van der Waals surface area contributed by atoms with Crippen LogP contribution >= 0.6 is 0 Å². The molecule has 0 aliphatic heterocycles. The molecular weight excluding hydrogens is 346 g/mol. The van der Waals surface area contributed by atoms with Crippen LogP contribution in [0.5, 0.6) is 17.2 Å². The Labute approximate surface area is 146 Å². The minimum atomic E-state index is -3.46. The van der Waals surface area contributed by atoms with Crippen molar-refractivity contribution in [2.24, 2.45) is 0 Å². The standard InChI is InChI=1S/C17H19NO6S/c1-4-25(21,22)12-6-7-14(19)13(10-12)18-17(20)11-5-8-15(23-2)16(9-11)24-3/h5-10,19H,4H2,1-3H3,(H,18,20). The van der Waals surface area contributed by atoms with Gasteiger partial charge in [0.1, 0.15) is 5.75 Å². The van der Waals surface area contributed by atoms with E-state index in [0.29, 0.717) is 11.5 Å². The predicted molar refractivity (Wildman–Crippen MR) is 93.3 cm³/mol. The number of sulfone groups is 1. The lowest BCUT2D eigenvalue weighted by Crippen LogP contribution is -2.13. The maximum Gasteiger partial charge on any atom is 0.255 e. The van der Waals surface area contributed by atoms with Crippen molar-refractivity contribution in [3.63, 3.8) is 0 Å². The molecule has 0 aliphatic carbocycles. The molecule has 134 valence electrons. The molecule has 0 bridgehead atoms. The quantitative estimate of drug-likeness (QED) is 0.763. The van der Waals surface area contributed by atoms with Gasteiger partial charge in [0.2, 0.25) is 0 Å². The molecule has 1 amide bonds. The largest absolute Gasteiger partial charge is 0.506 e. The van der Waals surface area contributed by atoms with Gasteiger partial charge in [0.25, 0.3) is 5.91 Å². The third kappa shape index (κ3) is 4.03. The van der Waals surface area contributed by atoms with Crippen molar-refractivity contribution in [3.8, 4) is 17.2 Å². The number of nitrogens with one attached hydrogen (secondary N) is 1. The summed E-state index contributed by atoms with van der Waals surface area (Å²) >= 11 is 0. The van der Waals surface area contributed by atoms with Crippen molar-refractivity contribution in [3.05, 3.63) is 42.0 Å². The van der Waals surface area contributed by atoms with Crippen LogP contribution in [0.1, 0.15) is 17.3 Å². The number of carbonyl (C=O) groups is 1. The van der Waals surface area contributed by atoms with E-state index >= 15 is 0 Å². The van der Waals surface area contributed by atoms with E-state index in [1.54, 1.807) is 6.07 Å². The Morgan fingerprint density at radius 2 is 1.76 bits per heavy atom. The van der Waals surface area contributed by atoms with Crippen LogP contribution in [0.15, 0.2) is 41.3 Å². The smallest absolute Gasteiger partial charge is 0.255 e. The van der Waals surface area contributed by atoms with Gasteiger partial charge in [0, 0.05) is 5.56 Å². The van der Waals surface area contributed by atoms with E-state index in [0.717, 1.165) is 0 Å². The highest BCUT2D eigenvalue weighted by Gasteiger charge is 2.17. The SMILES string of the molecule is CCS(=O)(=O)c1ccc(O)c(NC(=O)c2ccc(OC)c(OC)c2)c1. The van der Waals surface area contributed by atoms with Gasteiger partial charge in [-0.05, 0) is 36.4 Å². The lowest BCUT2D eigenvalue weighted by Gasteiger charge is -2.12. The second-order valence-corrected chi connectivity index (χ2v) is 7.38. The van der Waals surface area contributed by atoms with Gasteiger partial charge in [0.15, 0.2) is 21.3 Å². The predicted octanol–water partition coefficient (Wildman–Crippen LogP) is 2.46. The van der Waals surface area contributed by atoms with E-state index in [4.69, 9.17) is 9.47 Å². The molecule has 2 aromatic carbocycles. The zero-order valence-electron chi connectivity index (χ0n) is 14.1. The van der Waals surface area contributed by atoms with Crippen LogP contribution in [-0.2, 0) is 9.84 Å². The molecule has 7 nitrogen and oxygen atoms in total. The lowest BCUT2D eigenvalue weighted by atomic mass is 10.1. The Morgan fingerprint density at radius 1 is 1.08 bits per heavy atom. The van der Waals surface area contributed by atoms with Crippen molar-refractivity contribution in [1.82, 2.24) is 0 Å². The van der Waals surface area contributed by atoms with E-state index in [1.807, 2.05) is 0 Å². The van der Waals surface area contributed by atoms with Gasteiger partial charge >= 0.3 is 0 Å². The normalized spacial score (nSPS) is 11.0. The highest BCUT2D eigenvalue weighted by Crippen LogP contribution is 2.30. The molecule has 0 radical (unpaired) electrons. The number of hydrogen-bond donors (Lipinski definition) is 2. The van der Waals surface area contributed by atoms with Gasteiger partial charge in [-0.15, -0.1) is 0 Å². The number of aromatic hydroxyl groups is 1. The van der Waals surface area contributed by atoms with Gasteiger partial charge < -0.3 is 19.9 Å². The topological polar surface area (TPSA) is 102 Å². The Morgan fingerprint density at radius 3 is 2.36 bits per heavy atom. The number of benzene rings is 2. The number of phenolic OH excluding ortho intramolecular Hbond substituents is 1. The maximum atomic E-state index is 12.4. The summed E-state index contributed by atoms with van der Waals surface area (Å²) in [6.07, 6.45) is 0. The third-order valence-corrected chi connectivity index (χ3v) is 5.33. The highest BCUT2D eigenvalue weighted by atomic mass is 32.2. The minimum Gasteiger partial charge on any atom is -0.506 e. The summed E-state index contributed by atoms with van der Waals surface area (Å²) in [5.74, 6) is 0.00620. The third-order valence-electron chi connectivity index (χ3n) is 3.60. The first-order valence-electron chi connectivity index (χ1n) is 7.41. The molecule has 0 saturated carbocycles. The van der Waals surface area contributed by atoms with E-state index in [2.05, 4.69) is 5.32 Å². The Bertz CT molecular complexity index is 892. The Balaban J connectivity index is 2.33. The lowest BCUT2D eigenvalue weighted by molar-refractivity contribution is 0.102. The monoisotopic (exact) mass is 365 g/mol. The molecule has 8 heteroatoms. The summed E-state index contributed by atoms with van der Waals surface area (Å²) in [6, 6.07) is 8.34. The molecule has 2 N–H and O–H groups in total. The maximum absolute atomic E-state index is 12.4. The summed E-state index contributed by atoms with van der Waals surface area (Å²) in [7, 11) is -0.526. The molecule has 2 rings (SSSR count). The van der Waals surface area contributed by atoms with E-state index in [9.17, 15) is 18.3 Å². The summed E-state index contributed by atoms with van der Waals surface area (Å²) in [6.45, 7) is 1.52. The van der Waals surface area contributed by atoms with Crippen LogP contribution in [0, 0.1) is 0 Å². The second kappa shape index (κ2) is 7.43. The molecular formula is C17H19NO6S. The van der Waals surface area contributed by atoms with E-state index in [1.165, 1.54) is 51.5 Å². The Kier molecular flexibility index (Phi) is 5.53. The fraction of sp³-hybridized carbons (Fsp3) is 0.235. The summed E-state index contributed by atoms with van der Waals surface area (Å²) in [5.41, 5.74) is 0.273. The van der Waals surface area contributed by atoms with Crippen LogP contribution in [0.25, 0.3) is 0 Å². The first kappa shape index (κ1) is 18.6. The van der Waals surface area contributed by atoms with Crippen molar-refractivity contribution >= 4 is 21.4 Å². The summed E-state index contributed by atoms with van der Waals surface area (Å²) in [5, 5.41) is 12.4. The average molecular weight is 365 g/mol. The highest BCUT2D eigenvalue weighted by molar-refractivity contribution is 7.91. The van der Waals surface area contributed by atoms with Gasteiger partial charge in [-0.25, -0.2) is 8.42 Å². The summed E-state index contributed by atoms with van der Waals surface area (Å²) < 4.78 is 34.2. The van der Waals surface area contributed by atoms with Crippen LogP contribution < -0.4 is 14.8 Å². The van der Waals surface area contributed by atoms with E-state index < -0.39 is 15.7 Å². The van der Waals surface area contributed by atoms with Crippen LogP contribution in [-0.4, -0.2) is 39.4 Å². The van der Waals surface area contributed by atoms with Crippen LogP contribution in [0.2, 0.25) is 0 Å². The molecule has 0 atom stereocenters. The van der Waals surface area contributed by atoms with Gasteiger partial charge in [-0.1, -0.05) is 6.92 Å². The first-order chi connectivity index (χ1) is 11.8. The molecule has 2 aromatic rings. The molecule has 0 unspecified atom stereocenters. The number of carbonyl (C=O) groups excluding carboxylic acids is 1. The Hall–Kier alpha value is -2.74. The van der Waals surface area contributed by atoms with Crippen molar-refractivity contribution in [2.75, 3.05) is 25.3 Å². The molecule has 25 heavy (non-hydrogen) atoms. The van der Waals surface area contributed by atoms with Crippen LogP contribution in [0.4, 0.5) is 5.69 Å². The van der Waals surface area contributed by atoms with E-state index in [-0.39, 0.29) is 27.6 Å². The molecule has 0 heterocycles. The number of anilines is 1. The molecule has 0 aromatic heterocycles. The van der Waals surface area contributed by atoms with Crippen LogP contribution in [0.3, 0.4) is 0 Å². The van der Waals surface area contributed by atoms with Crippen molar-refractivity contribution < 1.29 is 27.8 Å². The van der Waals surface area contributed by atoms with Crippen molar-refractivity contribution in [2.45, 2.75) is 11.8 Å². The minimum absolute atomic E-state index is 0.00862. The fourth-order valence-corrected chi connectivity index (χ4v) is 3.05. The van der Waals surface area contributed by atoms with Gasteiger partial charge in [-0.3, -0.25) is 4.79 Å². The molecule has 0 saturated heterocycles. The van der Waals surface area contributed by atoms with Gasteiger partial charge in [-0.2, -0.15) is 0 Å². The molecule has 0 aliphatic rings. The second-order valence-electron chi connectivity index (χ2n) is 5.11. The molecule has 0 fully saturated rings. The van der Waals surface area contributed by atoms with Gasteiger partial charge in [0.05, 0.1) is 30.6 Å². The fourth-order valence-electron chi connectivity index (χ4n) is 2.15. The number of ether oxygens (including phenoxy) is 2. The summed E-state index contributed by atoms with van der Waals surface area (Å²) in [4.78, 5) is 12.4. The number of amides is 1. The first-order valence-corrected chi connectivity index (χ1v) is 9.06.